The van der Waals surface area contributed by atoms with E-state index in [4.69, 9.17) is 32.7 Å². The minimum atomic E-state index is -2.24. The summed E-state index contributed by atoms with van der Waals surface area (Å²) in [7, 11) is 0. The van der Waals surface area contributed by atoms with Crippen molar-refractivity contribution < 1.29 is 33.8 Å². The topological polar surface area (TPSA) is 143 Å². The molecule has 11 heteroatoms. The van der Waals surface area contributed by atoms with Gasteiger partial charge in [0.2, 0.25) is 12.2 Å². The zero-order valence-corrected chi connectivity index (χ0v) is 19.7. The molecule has 0 saturated heterocycles. The van der Waals surface area contributed by atoms with E-state index < -0.39 is 36.0 Å². The number of aliphatic carboxylic acids is 1. The van der Waals surface area contributed by atoms with Crippen LogP contribution in [0.4, 0.5) is 5.69 Å². The van der Waals surface area contributed by atoms with Crippen molar-refractivity contribution in [3.8, 4) is 6.07 Å². The van der Waals surface area contributed by atoms with Gasteiger partial charge in [0.25, 0.3) is 5.91 Å². The van der Waals surface area contributed by atoms with E-state index >= 15 is 0 Å². The predicted octanol–water partition coefficient (Wildman–Crippen LogP) is 4.34. The Morgan fingerprint density at radius 1 is 0.778 bits per heavy atom. The van der Waals surface area contributed by atoms with Gasteiger partial charge in [0.05, 0.1) is 22.4 Å². The highest BCUT2D eigenvalue weighted by Crippen LogP contribution is 2.19. The number of carboxylic acids is 1. The summed E-state index contributed by atoms with van der Waals surface area (Å²) in [5.41, 5.74) is 0.0100. The minimum Gasteiger partial charge on any atom is -0.478 e. The van der Waals surface area contributed by atoms with E-state index in [9.17, 15) is 29.5 Å². The quantitative estimate of drug-likeness (QED) is 0.412. The van der Waals surface area contributed by atoms with E-state index in [1.165, 1.54) is 66.7 Å². The van der Waals surface area contributed by atoms with Crippen molar-refractivity contribution in [3.05, 3.63) is 99.5 Å². The van der Waals surface area contributed by atoms with Gasteiger partial charge in [-0.15, -0.1) is 0 Å². The second-order valence-corrected chi connectivity index (χ2v) is 8.02. The average Bonchev–Trinajstić information content (AvgIpc) is 2.86. The molecule has 0 unspecified atom stereocenters. The van der Waals surface area contributed by atoms with Gasteiger partial charge in [0.1, 0.15) is 6.07 Å². The Kier molecular flexibility index (Phi) is 8.62. The lowest BCUT2D eigenvalue weighted by Crippen LogP contribution is -2.48. The van der Waals surface area contributed by atoms with Crippen molar-refractivity contribution in [2.75, 3.05) is 5.32 Å². The lowest BCUT2D eigenvalue weighted by molar-refractivity contribution is -0.157. The minimum absolute atomic E-state index is 0.0331. The molecule has 36 heavy (non-hydrogen) atoms. The summed E-state index contributed by atoms with van der Waals surface area (Å²) < 4.78 is 10.3. The van der Waals surface area contributed by atoms with Crippen LogP contribution in [0.2, 0.25) is 10.0 Å². The van der Waals surface area contributed by atoms with E-state index in [0.29, 0.717) is 10.0 Å². The number of ether oxygens (including phenoxy) is 2. The fraction of sp³-hybridized carbons (Fsp3) is 0.0800. The molecule has 0 aliphatic heterocycles. The second-order valence-electron chi connectivity index (χ2n) is 7.15. The number of benzene rings is 3. The molecule has 2 atom stereocenters. The van der Waals surface area contributed by atoms with Crippen LogP contribution in [0.5, 0.6) is 0 Å². The number of esters is 2. The Morgan fingerprint density at radius 2 is 1.25 bits per heavy atom. The molecule has 0 bridgehead atoms. The maximum Gasteiger partial charge on any atom is 0.349 e. The van der Waals surface area contributed by atoms with Gasteiger partial charge in [-0.3, -0.25) is 4.79 Å². The molecule has 3 aromatic carbocycles. The molecular formula is C25H16Cl2N2O7. The third kappa shape index (κ3) is 6.60. The lowest BCUT2D eigenvalue weighted by atomic mass is 10.1. The van der Waals surface area contributed by atoms with Crippen LogP contribution < -0.4 is 5.32 Å². The van der Waals surface area contributed by atoms with Gasteiger partial charge in [-0.25, -0.2) is 14.4 Å². The number of carboxylic acid groups (broad SMARTS) is 1. The number of halogens is 2. The molecule has 0 fully saturated rings. The molecule has 0 aliphatic rings. The number of hydrogen-bond acceptors (Lipinski definition) is 7. The van der Waals surface area contributed by atoms with Crippen LogP contribution in [0.15, 0.2) is 72.8 Å². The second kappa shape index (κ2) is 11.8. The van der Waals surface area contributed by atoms with Crippen LogP contribution in [-0.2, 0) is 19.1 Å². The molecule has 0 radical (unpaired) electrons. The average molecular weight is 527 g/mol. The summed E-state index contributed by atoms with van der Waals surface area (Å²) in [5.74, 6) is -5.07. The zero-order valence-electron chi connectivity index (χ0n) is 18.2. The lowest BCUT2D eigenvalue weighted by Gasteiger charge is -2.23. The molecule has 3 aromatic rings. The highest BCUT2D eigenvalue weighted by atomic mass is 35.5. The largest absolute Gasteiger partial charge is 0.478 e. The van der Waals surface area contributed by atoms with Crippen LogP contribution in [0.3, 0.4) is 0 Å². The first-order chi connectivity index (χ1) is 17.2. The van der Waals surface area contributed by atoms with Crippen molar-refractivity contribution in [3.63, 3.8) is 0 Å². The Bertz CT molecular complexity index is 1340. The predicted molar refractivity (Wildman–Crippen MR) is 129 cm³/mol. The fourth-order valence-corrected chi connectivity index (χ4v) is 3.18. The van der Waals surface area contributed by atoms with Crippen molar-refractivity contribution in [2.24, 2.45) is 0 Å². The molecule has 182 valence electrons. The molecule has 2 N–H and O–H groups in total. The first kappa shape index (κ1) is 26.2. The number of carbonyl (C=O) groups is 4. The summed E-state index contributed by atoms with van der Waals surface area (Å²) in [6, 6.07) is 18.5. The van der Waals surface area contributed by atoms with Gasteiger partial charge in [0.15, 0.2) is 0 Å². The van der Waals surface area contributed by atoms with Crippen LogP contribution in [-0.4, -0.2) is 41.1 Å². The maximum absolute atomic E-state index is 13.1. The van der Waals surface area contributed by atoms with Gasteiger partial charge in [-0.2, -0.15) is 5.26 Å². The first-order valence-electron chi connectivity index (χ1n) is 10.2. The number of anilines is 1. The Morgan fingerprint density at radius 3 is 1.72 bits per heavy atom. The molecule has 0 heterocycles. The van der Waals surface area contributed by atoms with Gasteiger partial charge in [0, 0.05) is 10.0 Å². The van der Waals surface area contributed by atoms with Crippen molar-refractivity contribution >= 4 is 52.7 Å². The van der Waals surface area contributed by atoms with E-state index in [2.05, 4.69) is 5.32 Å². The Labute approximate surface area is 214 Å². The van der Waals surface area contributed by atoms with Crippen LogP contribution in [0.1, 0.15) is 26.3 Å². The number of nitrogens with zero attached hydrogens (tertiary/aromatic N) is 1. The van der Waals surface area contributed by atoms with Crippen LogP contribution >= 0.6 is 23.2 Å². The van der Waals surface area contributed by atoms with Crippen LogP contribution in [0.25, 0.3) is 0 Å². The Balaban J connectivity index is 1.94. The number of nitrogens with one attached hydrogen (secondary N) is 1. The van der Waals surface area contributed by atoms with E-state index in [0.717, 1.165) is 0 Å². The number of amides is 1. The van der Waals surface area contributed by atoms with Crippen LogP contribution in [0, 0.1) is 11.3 Å². The van der Waals surface area contributed by atoms with Crippen molar-refractivity contribution in [1.29, 1.82) is 5.26 Å². The van der Waals surface area contributed by atoms with Gasteiger partial charge in [-0.05, 0) is 60.7 Å². The summed E-state index contributed by atoms with van der Waals surface area (Å²) >= 11 is 11.6. The number of rotatable bonds is 8. The van der Waals surface area contributed by atoms with Crippen molar-refractivity contribution in [1.82, 2.24) is 0 Å². The molecule has 0 aliphatic carbocycles. The molecule has 9 nitrogen and oxygen atoms in total. The van der Waals surface area contributed by atoms with Gasteiger partial charge >= 0.3 is 17.9 Å². The first-order valence-corrected chi connectivity index (χ1v) is 10.9. The molecule has 0 saturated carbocycles. The summed E-state index contributed by atoms with van der Waals surface area (Å²) in [4.78, 5) is 50.5. The highest BCUT2D eigenvalue weighted by Gasteiger charge is 2.41. The number of nitriles is 1. The molecule has 0 spiro atoms. The molecule has 0 aromatic heterocycles. The molecular weight excluding hydrogens is 511 g/mol. The third-order valence-electron chi connectivity index (χ3n) is 4.71. The van der Waals surface area contributed by atoms with E-state index in [1.54, 1.807) is 6.07 Å². The highest BCUT2D eigenvalue weighted by molar-refractivity contribution is 6.31. The zero-order chi connectivity index (χ0) is 26.2. The maximum atomic E-state index is 13.1. The van der Waals surface area contributed by atoms with Gasteiger partial charge < -0.3 is 19.9 Å². The summed E-state index contributed by atoms with van der Waals surface area (Å²) in [6.45, 7) is 0. The number of hydrogen-bond donors (Lipinski definition) is 2. The third-order valence-corrected chi connectivity index (χ3v) is 5.21. The molecule has 1 amide bonds. The smallest absolute Gasteiger partial charge is 0.349 e. The summed E-state index contributed by atoms with van der Waals surface area (Å²) in [6.07, 6.45) is -4.37. The van der Waals surface area contributed by atoms with Gasteiger partial charge in [-0.1, -0.05) is 35.3 Å². The summed E-state index contributed by atoms with van der Waals surface area (Å²) in [5, 5.41) is 22.1. The molecule has 3 rings (SSSR count). The van der Waals surface area contributed by atoms with Crippen molar-refractivity contribution in [2.45, 2.75) is 12.2 Å². The van der Waals surface area contributed by atoms with E-state index in [1.807, 2.05) is 6.07 Å². The van der Waals surface area contributed by atoms with E-state index in [-0.39, 0.29) is 22.4 Å². The standard InChI is InChI=1S/C25H16Cl2N2O7/c26-17-9-5-14(6-10-17)24(33)35-20(22(30)29-19-4-2-1-3-16(19)13-28)21(23(31)32)36-25(34)15-7-11-18(27)12-8-15/h1-12,20-21H,(H,29,30)(H,31,32)/t20-,21-/m1/s1. The number of para-hydroxylation sites is 1. The Hall–Kier alpha value is -4.39. The monoisotopic (exact) mass is 526 g/mol. The number of carbonyl (C=O) groups excluding carboxylic acids is 3. The SMILES string of the molecule is N#Cc1ccccc1NC(=O)[C@H](OC(=O)c1ccc(Cl)cc1)[C@@H](OC(=O)c1ccc(Cl)cc1)C(=O)O. The normalized spacial score (nSPS) is 11.9. The fourth-order valence-electron chi connectivity index (χ4n) is 2.93.